The van der Waals surface area contributed by atoms with Crippen LogP contribution in [0.1, 0.15) is 85.2 Å². The lowest BCUT2D eigenvalue weighted by atomic mass is 9.65. The third kappa shape index (κ3) is 4.27. The highest BCUT2D eigenvalue weighted by Crippen LogP contribution is 2.82. The van der Waals surface area contributed by atoms with Gasteiger partial charge in [0, 0.05) is 35.0 Å². The summed E-state index contributed by atoms with van der Waals surface area (Å²) in [7, 11) is -13.0. The highest BCUT2D eigenvalue weighted by molar-refractivity contribution is 7.92. The highest BCUT2D eigenvalue weighted by atomic mass is 32.2. The van der Waals surface area contributed by atoms with Crippen molar-refractivity contribution in [1.29, 1.82) is 0 Å². The Bertz CT molecular complexity index is 5030. The predicted octanol–water partition coefficient (Wildman–Crippen LogP) is 14.7. The molecule has 2 saturated carbocycles. The molecule has 8 aliphatic carbocycles. The van der Waals surface area contributed by atoms with Gasteiger partial charge in [0.25, 0.3) is 19.7 Å². The van der Waals surface area contributed by atoms with Gasteiger partial charge in [0.15, 0.2) is 0 Å². The number of hydrogen-bond acceptors (Lipinski definition) is 4. The first-order chi connectivity index (χ1) is 36.3. The van der Waals surface area contributed by atoms with E-state index in [0.29, 0.717) is 45.0 Å². The van der Waals surface area contributed by atoms with Gasteiger partial charge in [-0.2, -0.15) is 52.7 Å². The molecular weight excluding hydrogens is 1060 g/mol. The lowest BCUT2D eigenvalue weighted by molar-refractivity contribution is -0.128. The summed E-state index contributed by atoms with van der Waals surface area (Å²) in [4.78, 5) is -3.26. The molecule has 0 spiro atoms. The van der Waals surface area contributed by atoms with Crippen molar-refractivity contribution in [3.8, 4) is 0 Å². The lowest BCUT2D eigenvalue weighted by Gasteiger charge is -2.37. The van der Waals surface area contributed by atoms with E-state index in [1.807, 2.05) is 18.2 Å². The maximum atomic E-state index is 14.8. The predicted molar refractivity (Wildman–Crippen MR) is 263 cm³/mol. The lowest BCUT2D eigenvalue weighted by Crippen LogP contribution is -2.31. The Labute approximate surface area is 423 Å². The van der Waals surface area contributed by atoms with Crippen LogP contribution in [0.25, 0.3) is 97.8 Å². The van der Waals surface area contributed by atoms with Crippen molar-refractivity contribution in [3.05, 3.63) is 140 Å². The second kappa shape index (κ2) is 11.8. The molecule has 0 heterocycles. The van der Waals surface area contributed by atoms with E-state index in [-0.39, 0.29) is 47.6 Å². The summed E-state index contributed by atoms with van der Waals surface area (Å²) in [6, 6.07) is 11.5. The van der Waals surface area contributed by atoms with E-state index in [0.717, 1.165) is 76.9 Å². The smallest absolute Gasteiger partial charge is 0.214 e. The first-order valence-corrected chi connectivity index (χ1v) is 28.0. The van der Waals surface area contributed by atoms with Crippen LogP contribution < -0.4 is 5.22 Å². The summed E-state index contributed by atoms with van der Waals surface area (Å²) in [6.07, 6.45) is -5.49. The monoisotopic (exact) mass is 1090 g/mol. The molecule has 0 aliphatic heterocycles. The van der Waals surface area contributed by atoms with Crippen molar-refractivity contribution in [2.75, 3.05) is 0 Å². The summed E-state index contributed by atoms with van der Waals surface area (Å²) < 4.78 is 231. The molecule has 18 heteroatoms. The number of rotatable bonds is 6. The molecule has 8 unspecified atom stereocenters. The molecule has 8 aliphatic rings. The van der Waals surface area contributed by atoms with E-state index in [9.17, 15) is 69.5 Å². The number of benzene rings is 7. The zero-order valence-corrected chi connectivity index (χ0v) is 40.2. The quantitative estimate of drug-likeness (QED) is 0.0945. The Morgan fingerprint density at radius 1 is 0.455 bits per heavy atom. The van der Waals surface area contributed by atoms with E-state index in [2.05, 4.69) is 30.4 Å². The van der Waals surface area contributed by atoms with Crippen LogP contribution in [0.4, 0.5) is 52.7 Å². The molecule has 4 nitrogen and oxygen atoms in total. The molecule has 77 heavy (non-hydrogen) atoms. The fourth-order valence-corrected chi connectivity index (χ4v) is 20.2. The molecule has 11 aromatic carbocycles. The van der Waals surface area contributed by atoms with Crippen LogP contribution in [0.2, 0.25) is 0 Å². The molecular formula is C59H26F12O4S2. The van der Waals surface area contributed by atoms with Gasteiger partial charge in [-0.15, -0.1) is 0 Å². The molecule has 0 amide bonds. The van der Waals surface area contributed by atoms with Crippen molar-refractivity contribution in [1.82, 2.24) is 0 Å². The number of sulfone groups is 2. The summed E-state index contributed by atoms with van der Waals surface area (Å²) in [5.74, 6) is -2.35. The van der Waals surface area contributed by atoms with Crippen molar-refractivity contribution < 1.29 is 69.5 Å². The molecule has 0 aromatic heterocycles. The number of fused-ring (bicyclic) bond motifs is 8. The van der Waals surface area contributed by atoms with Gasteiger partial charge < -0.3 is 0 Å². The van der Waals surface area contributed by atoms with Gasteiger partial charge in [0.05, 0.1) is 22.6 Å². The minimum absolute atomic E-state index is 0.0541. The molecule has 19 rings (SSSR count). The molecule has 2 fully saturated rings. The first-order valence-electron chi connectivity index (χ1n) is 25.0. The normalized spacial score (nSPS) is 26.2. The average molecular weight is 1090 g/mol. The molecule has 0 N–H and O–H groups in total. The van der Waals surface area contributed by atoms with E-state index < -0.39 is 105 Å². The van der Waals surface area contributed by atoms with Crippen LogP contribution in [0.15, 0.2) is 88.7 Å². The molecule has 382 valence electrons. The zero-order valence-electron chi connectivity index (χ0n) is 38.6. The highest BCUT2D eigenvalue weighted by Gasteiger charge is 2.72. The van der Waals surface area contributed by atoms with Crippen molar-refractivity contribution in [3.63, 3.8) is 0 Å². The maximum absolute atomic E-state index is 14.8. The number of hydrogen-bond donors (Lipinski definition) is 0. The fourth-order valence-electron chi connectivity index (χ4n) is 18.5. The SMILES string of the molecule is O=S(=O)(c1cc(CC(F)(F)F)cc(C2(c3cc(CC(F)(F)F)cc(S(=O)(=O)C(F)(F)F)c3)C3c4c5c6c7c4c4c(c8ccc9c%10ccc%11c%12c%13c%14c(c7c7c%14c(c%12%10)c9c8c47)=C4C6C(C=C5)C5C=CC%11C%13C45)C32)c1)C(F)(F)F. The number of halogens is 12. The molecule has 0 bridgehead atoms. The third-order valence-electron chi connectivity index (χ3n) is 20.2. The maximum Gasteiger partial charge on any atom is 0.501 e. The third-order valence-corrected chi connectivity index (χ3v) is 23.2. The molecule has 0 radical (unpaired) electrons. The Morgan fingerprint density at radius 2 is 0.974 bits per heavy atom. The zero-order chi connectivity index (χ0) is 52.8. The summed E-state index contributed by atoms with van der Waals surface area (Å²) in [5.41, 5.74) is -11.0. The van der Waals surface area contributed by atoms with Crippen molar-refractivity contribution in [2.24, 2.45) is 17.8 Å². The molecule has 8 atom stereocenters. The Morgan fingerprint density at radius 3 is 1.60 bits per heavy atom. The number of allylic oxidation sites excluding steroid dienone is 3. The van der Waals surface area contributed by atoms with Crippen molar-refractivity contribution >= 4 is 118 Å². The summed E-state index contributed by atoms with van der Waals surface area (Å²) in [5, 5.41) is 16.4. The van der Waals surface area contributed by atoms with Gasteiger partial charge in [-0.1, -0.05) is 60.7 Å². The summed E-state index contributed by atoms with van der Waals surface area (Å²) in [6.45, 7) is 0. The Balaban J connectivity index is 1.04. The number of alkyl halides is 12. The Kier molecular flexibility index (Phi) is 6.67. The Hall–Kier alpha value is -6.66. The molecule has 0 saturated heterocycles. The van der Waals surface area contributed by atoms with E-state index >= 15 is 0 Å². The van der Waals surface area contributed by atoms with Gasteiger partial charge >= 0.3 is 23.4 Å². The van der Waals surface area contributed by atoms with E-state index in [1.165, 1.54) is 32.7 Å². The first kappa shape index (κ1) is 43.3. The standard InChI is InChI=1S/C59H26F12O4S2/c60-55(61,62)15-17-9-19(13-21(11-17)76(72,73)58(66,67)68)57(20-10-18(16-56(63,64)65)12-22(14-20)77(74,75)59(69,70)71)53-39-29-7-5-27-25-3-1-23-24-2-4-26-28-6-8-30-38-36(28)43-34(26)32(24)41-31(23)33(25)42-35(27)37(29)44-46(39)47(40(30)54(53)57)45(38)52-50(43)48(41)49(42)51(44)52/h1-14,23,25,27,31,33,35,53-54H,15-16H2. The second-order valence-corrected chi connectivity index (χ2v) is 27.0. The van der Waals surface area contributed by atoms with Gasteiger partial charge in [0.2, 0.25) is 0 Å². The van der Waals surface area contributed by atoms with Crippen LogP contribution in [0, 0.1) is 17.8 Å². The van der Waals surface area contributed by atoms with Gasteiger partial charge in [-0.25, -0.2) is 16.8 Å². The largest absolute Gasteiger partial charge is 0.501 e. The van der Waals surface area contributed by atoms with Crippen LogP contribution in [0.3, 0.4) is 0 Å². The van der Waals surface area contributed by atoms with Gasteiger partial charge in [0.1, 0.15) is 0 Å². The summed E-state index contributed by atoms with van der Waals surface area (Å²) >= 11 is 0. The van der Waals surface area contributed by atoms with Gasteiger partial charge in [-0.3, -0.25) is 0 Å². The van der Waals surface area contributed by atoms with Crippen LogP contribution >= 0.6 is 0 Å². The topological polar surface area (TPSA) is 68.3 Å². The van der Waals surface area contributed by atoms with Crippen LogP contribution in [-0.2, 0) is 37.9 Å². The second-order valence-electron chi connectivity index (χ2n) is 23.1. The van der Waals surface area contributed by atoms with E-state index in [4.69, 9.17) is 0 Å². The average Bonchev–Trinajstić information content (AvgIpc) is 4.02. The molecule has 11 aromatic rings. The fraction of sp³-hybridized carbons (Fsp3) is 0.254. The van der Waals surface area contributed by atoms with Crippen molar-refractivity contribution in [2.45, 2.75) is 81.0 Å². The minimum atomic E-state index is -6.51. The van der Waals surface area contributed by atoms with Gasteiger partial charge in [-0.05, 0) is 195 Å². The van der Waals surface area contributed by atoms with E-state index in [1.54, 1.807) is 0 Å². The van der Waals surface area contributed by atoms with Crippen LogP contribution in [-0.4, -0.2) is 40.2 Å². The minimum Gasteiger partial charge on any atom is -0.214 e. The van der Waals surface area contributed by atoms with Crippen LogP contribution in [0.5, 0.6) is 0 Å².